The monoisotopic (exact) mass is 430 g/mol. The molecule has 1 aromatic carbocycles. The molecule has 1 aliphatic carbocycles. The van der Waals surface area contributed by atoms with Gasteiger partial charge in [0, 0.05) is 54.8 Å². The molecule has 4 aromatic rings. The van der Waals surface area contributed by atoms with Gasteiger partial charge in [0.1, 0.15) is 5.52 Å². The van der Waals surface area contributed by atoms with Crippen molar-refractivity contribution in [2.75, 3.05) is 18.0 Å². The summed E-state index contributed by atoms with van der Waals surface area (Å²) in [6.45, 7) is 6.37. The minimum atomic E-state index is -0.321. The molecule has 2 fully saturated rings. The average molecular weight is 431 g/mol. The fourth-order valence-electron chi connectivity index (χ4n) is 5.07. The number of piperazine rings is 1. The molecule has 6 rings (SSSR count). The normalized spacial score (nSPS) is 21.6. The van der Waals surface area contributed by atoms with Crippen LogP contribution in [0, 0.1) is 5.82 Å². The topological polar surface area (TPSA) is 58.9 Å². The van der Waals surface area contributed by atoms with Crippen LogP contribution < -0.4 is 10.2 Å². The molecule has 0 radical (unpaired) electrons. The summed E-state index contributed by atoms with van der Waals surface area (Å²) in [5.74, 6) is 0.211. The predicted molar refractivity (Wildman–Crippen MR) is 125 cm³/mol. The van der Waals surface area contributed by atoms with E-state index in [9.17, 15) is 4.39 Å². The third-order valence-corrected chi connectivity index (χ3v) is 6.59. The fraction of sp³-hybridized carbons (Fsp3) is 0.400. The van der Waals surface area contributed by atoms with Crippen molar-refractivity contribution in [2.24, 2.45) is 7.05 Å². The molecule has 6 nitrogen and oxygen atoms in total. The third kappa shape index (κ3) is 3.41. The van der Waals surface area contributed by atoms with Crippen LogP contribution in [0.2, 0.25) is 0 Å². The maximum Gasteiger partial charge on any atom is 0.160 e. The zero-order valence-electron chi connectivity index (χ0n) is 18.6. The maximum absolute atomic E-state index is 14.7. The van der Waals surface area contributed by atoms with Crippen molar-refractivity contribution in [3.05, 3.63) is 48.0 Å². The number of benzene rings is 1. The Balaban J connectivity index is 1.46. The van der Waals surface area contributed by atoms with Gasteiger partial charge in [-0.1, -0.05) is 0 Å². The van der Waals surface area contributed by atoms with Gasteiger partial charge in [0.2, 0.25) is 0 Å². The van der Waals surface area contributed by atoms with Crippen molar-refractivity contribution in [1.82, 2.24) is 25.1 Å². The van der Waals surface area contributed by atoms with E-state index in [0.29, 0.717) is 23.5 Å². The lowest BCUT2D eigenvalue weighted by Crippen LogP contribution is -2.54. The summed E-state index contributed by atoms with van der Waals surface area (Å²) in [6, 6.07) is 8.78. The van der Waals surface area contributed by atoms with Gasteiger partial charge in [0.15, 0.2) is 11.5 Å². The van der Waals surface area contributed by atoms with E-state index in [1.807, 2.05) is 18.5 Å². The van der Waals surface area contributed by atoms with E-state index in [1.165, 1.54) is 24.5 Å². The molecule has 7 heteroatoms. The number of fused-ring (bicyclic) bond motifs is 2. The Kier molecular flexibility index (Phi) is 4.43. The van der Waals surface area contributed by atoms with Crippen molar-refractivity contribution in [3.63, 3.8) is 0 Å². The summed E-state index contributed by atoms with van der Waals surface area (Å²) < 4.78 is 16.4. The van der Waals surface area contributed by atoms with E-state index in [1.54, 1.807) is 11.7 Å². The standard InChI is InChI=1S/C25H27FN6/c1-14-11-32(12-15(2)28-14)19-8-21-20(16-4-5-16)9-23(29-25(21)27-10-19)17-6-18-13-31(3)30-24(18)22(26)7-17/h6-10,13-16,28H,4-5,11-12H2,1-3H3/t14-,15-/m0/s1. The lowest BCUT2D eigenvalue weighted by atomic mass is 10.0. The highest BCUT2D eigenvalue weighted by molar-refractivity contribution is 5.88. The van der Waals surface area contributed by atoms with E-state index in [4.69, 9.17) is 9.97 Å². The first-order valence-electron chi connectivity index (χ1n) is 11.4. The highest BCUT2D eigenvalue weighted by Crippen LogP contribution is 2.44. The summed E-state index contributed by atoms with van der Waals surface area (Å²) in [5.41, 5.74) is 5.09. The number of hydrogen-bond acceptors (Lipinski definition) is 5. The molecule has 0 spiro atoms. The van der Waals surface area contributed by atoms with E-state index < -0.39 is 0 Å². The summed E-state index contributed by atoms with van der Waals surface area (Å²) in [5, 5.41) is 9.71. The first kappa shape index (κ1) is 19.6. The van der Waals surface area contributed by atoms with Gasteiger partial charge in [-0.3, -0.25) is 4.68 Å². The minimum Gasteiger partial charge on any atom is -0.367 e. The Morgan fingerprint density at radius 3 is 2.59 bits per heavy atom. The Hall–Kier alpha value is -3.06. The van der Waals surface area contributed by atoms with Crippen LogP contribution >= 0.6 is 0 Å². The van der Waals surface area contributed by atoms with Crippen molar-refractivity contribution in [1.29, 1.82) is 0 Å². The van der Waals surface area contributed by atoms with Gasteiger partial charge in [0.05, 0.1) is 17.6 Å². The maximum atomic E-state index is 14.7. The van der Waals surface area contributed by atoms with Gasteiger partial charge in [-0.05, 0) is 62.4 Å². The SMILES string of the molecule is C[C@H]1CN(c2cnc3nc(-c4cc(F)c5nn(C)cc5c4)cc(C4CC4)c3c2)C[C@H](C)N1. The summed E-state index contributed by atoms with van der Waals surface area (Å²) in [7, 11) is 1.81. The van der Waals surface area contributed by atoms with Crippen LogP contribution in [0.15, 0.2) is 36.7 Å². The van der Waals surface area contributed by atoms with E-state index in [-0.39, 0.29) is 5.82 Å². The van der Waals surface area contributed by atoms with Crippen LogP contribution in [0.1, 0.15) is 38.2 Å². The molecule has 3 aromatic heterocycles. The number of pyridine rings is 2. The van der Waals surface area contributed by atoms with Crippen molar-refractivity contribution >= 4 is 27.6 Å². The molecular weight excluding hydrogens is 403 g/mol. The Morgan fingerprint density at radius 2 is 1.84 bits per heavy atom. The summed E-state index contributed by atoms with van der Waals surface area (Å²) in [4.78, 5) is 12.0. The number of aromatic nitrogens is 4. The second kappa shape index (κ2) is 7.24. The average Bonchev–Trinajstić information content (AvgIpc) is 3.53. The number of anilines is 1. The quantitative estimate of drug-likeness (QED) is 0.523. The molecule has 1 saturated heterocycles. The molecule has 1 aliphatic heterocycles. The summed E-state index contributed by atoms with van der Waals surface area (Å²) in [6.07, 6.45) is 6.14. The summed E-state index contributed by atoms with van der Waals surface area (Å²) >= 11 is 0. The van der Waals surface area contributed by atoms with Crippen LogP contribution in [0.4, 0.5) is 10.1 Å². The number of halogens is 1. The number of hydrogen-bond donors (Lipinski definition) is 1. The molecule has 2 atom stereocenters. The first-order chi connectivity index (χ1) is 15.4. The Labute approximate surface area is 186 Å². The van der Waals surface area contributed by atoms with Gasteiger partial charge >= 0.3 is 0 Å². The van der Waals surface area contributed by atoms with Gasteiger partial charge in [-0.2, -0.15) is 5.10 Å². The number of aryl methyl sites for hydroxylation is 1. The van der Waals surface area contributed by atoms with Crippen LogP contribution in [-0.4, -0.2) is 44.9 Å². The molecular formula is C25H27FN6. The number of nitrogens with one attached hydrogen (secondary N) is 1. The second-order valence-corrected chi connectivity index (χ2v) is 9.51. The van der Waals surface area contributed by atoms with Crippen LogP contribution in [0.3, 0.4) is 0 Å². The molecule has 32 heavy (non-hydrogen) atoms. The highest BCUT2D eigenvalue weighted by Gasteiger charge is 2.28. The van der Waals surface area contributed by atoms with Crippen molar-refractivity contribution < 1.29 is 4.39 Å². The van der Waals surface area contributed by atoms with Gasteiger partial charge in [-0.15, -0.1) is 0 Å². The van der Waals surface area contributed by atoms with E-state index in [0.717, 1.165) is 46.5 Å². The zero-order valence-corrected chi connectivity index (χ0v) is 18.6. The number of rotatable bonds is 3. The molecule has 4 heterocycles. The largest absolute Gasteiger partial charge is 0.367 e. The van der Waals surface area contributed by atoms with Crippen LogP contribution in [0.25, 0.3) is 33.2 Å². The molecule has 1 saturated carbocycles. The zero-order chi connectivity index (χ0) is 22.0. The van der Waals surface area contributed by atoms with Crippen LogP contribution in [0.5, 0.6) is 0 Å². The second-order valence-electron chi connectivity index (χ2n) is 9.51. The van der Waals surface area contributed by atoms with Gasteiger partial charge < -0.3 is 10.2 Å². The highest BCUT2D eigenvalue weighted by atomic mass is 19.1. The van der Waals surface area contributed by atoms with Gasteiger partial charge in [0.25, 0.3) is 0 Å². The Bertz CT molecular complexity index is 1330. The minimum absolute atomic E-state index is 0.321. The molecule has 0 unspecified atom stereocenters. The predicted octanol–water partition coefficient (Wildman–Crippen LogP) is 4.39. The van der Waals surface area contributed by atoms with Crippen molar-refractivity contribution in [2.45, 2.75) is 44.7 Å². The molecule has 2 aliphatic rings. The van der Waals surface area contributed by atoms with Crippen LogP contribution in [-0.2, 0) is 7.05 Å². The molecule has 0 amide bonds. The number of nitrogens with zero attached hydrogens (tertiary/aromatic N) is 5. The lowest BCUT2D eigenvalue weighted by Gasteiger charge is -2.37. The first-order valence-corrected chi connectivity index (χ1v) is 11.4. The smallest absolute Gasteiger partial charge is 0.160 e. The molecule has 1 N–H and O–H groups in total. The fourth-order valence-corrected chi connectivity index (χ4v) is 5.07. The third-order valence-electron chi connectivity index (χ3n) is 6.59. The molecule has 164 valence electrons. The van der Waals surface area contributed by atoms with Gasteiger partial charge in [-0.25, -0.2) is 14.4 Å². The lowest BCUT2D eigenvalue weighted by molar-refractivity contribution is 0.407. The van der Waals surface area contributed by atoms with Crippen molar-refractivity contribution in [3.8, 4) is 11.3 Å². The van der Waals surface area contributed by atoms with E-state index in [2.05, 4.69) is 41.3 Å². The Morgan fingerprint density at radius 1 is 1.06 bits per heavy atom. The molecule has 0 bridgehead atoms. The van der Waals surface area contributed by atoms with E-state index >= 15 is 0 Å².